The van der Waals surface area contributed by atoms with E-state index in [1.54, 1.807) is 12.5 Å². The van der Waals surface area contributed by atoms with E-state index in [-0.39, 0.29) is 24.5 Å². The summed E-state index contributed by atoms with van der Waals surface area (Å²) in [5.41, 5.74) is -2.17. The summed E-state index contributed by atoms with van der Waals surface area (Å²) in [5.74, 6) is -2.29. The second-order valence-electron chi connectivity index (χ2n) is 9.27. The van der Waals surface area contributed by atoms with Crippen LogP contribution >= 0.6 is 0 Å². The van der Waals surface area contributed by atoms with Gasteiger partial charge in [0, 0.05) is 17.4 Å². The number of hydrogen-bond donors (Lipinski definition) is 0. The van der Waals surface area contributed by atoms with Crippen molar-refractivity contribution in [2.24, 2.45) is 22.7 Å². The predicted octanol–water partition coefficient (Wildman–Crippen LogP) is 1.93. The molecule has 29 heavy (non-hydrogen) atoms. The molecule has 2 spiro atoms. The number of esters is 3. The van der Waals surface area contributed by atoms with Crippen molar-refractivity contribution in [2.75, 3.05) is 7.11 Å². The first kappa shape index (κ1) is 17.5. The first-order valence-electron chi connectivity index (χ1n) is 10.1. The molecule has 0 unspecified atom stereocenters. The highest BCUT2D eigenvalue weighted by Crippen LogP contribution is 2.74. The van der Waals surface area contributed by atoms with Crippen LogP contribution in [0.25, 0.3) is 0 Å². The van der Waals surface area contributed by atoms with E-state index in [1.807, 2.05) is 13.0 Å². The lowest BCUT2D eigenvalue weighted by molar-refractivity contribution is -0.252. The number of ether oxygens (including phenoxy) is 4. The van der Waals surface area contributed by atoms with Crippen LogP contribution in [0.1, 0.15) is 44.3 Å². The van der Waals surface area contributed by atoms with Gasteiger partial charge in [0.15, 0.2) is 5.60 Å². The minimum Gasteiger partial charge on any atom is -0.472 e. The molecule has 2 aliphatic carbocycles. The number of methoxy groups -OCH3 is 1. The summed E-state index contributed by atoms with van der Waals surface area (Å²) >= 11 is 0. The molecule has 5 heterocycles. The quantitative estimate of drug-likeness (QED) is 0.546. The zero-order chi connectivity index (χ0) is 20.2. The maximum Gasteiger partial charge on any atom is 0.339 e. The molecule has 8 atom stereocenters. The second kappa shape index (κ2) is 5.22. The fraction of sp³-hybridized carbons (Fsp3) is 0.667. The fourth-order valence-electron chi connectivity index (χ4n) is 7.17. The Kier molecular flexibility index (Phi) is 3.15. The number of furan rings is 1. The van der Waals surface area contributed by atoms with Gasteiger partial charge in [-0.3, -0.25) is 9.59 Å². The summed E-state index contributed by atoms with van der Waals surface area (Å²) in [6, 6.07) is 1.83. The van der Waals surface area contributed by atoms with Crippen molar-refractivity contribution >= 4 is 17.9 Å². The lowest BCUT2D eigenvalue weighted by Gasteiger charge is -2.62. The molecule has 4 saturated heterocycles. The zero-order valence-corrected chi connectivity index (χ0v) is 16.2. The van der Waals surface area contributed by atoms with Gasteiger partial charge in [0.05, 0.1) is 31.7 Å². The van der Waals surface area contributed by atoms with Crippen molar-refractivity contribution in [3.05, 3.63) is 24.2 Å². The Hall–Kier alpha value is -2.35. The monoisotopic (exact) mass is 402 g/mol. The molecule has 7 rings (SSSR count). The Labute approximate surface area is 166 Å². The molecular formula is C21H22O8. The molecule has 2 saturated carbocycles. The zero-order valence-electron chi connectivity index (χ0n) is 16.2. The van der Waals surface area contributed by atoms with E-state index in [2.05, 4.69) is 0 Å². The Morgan fingerprint density at radius 1 is 1.17 bits per heavy atom. The van der Waals surface area contributed by atoms with Gasteiger partial charge in [0.1, 0.15) is 17.6 Å². The Balaban J connectivity index is 1.54. The van der Waals surface area contributed by atoms with E-state index in [0.29, 0.717) is 19.3 Å². The predicted molar refractivity (Wildman–Crippen MR) is 93.0 cm³/mol. The van der Waals surface area contributed by atoms with Crippen molar-refractivity contribution < 1.29 is 37.7 Å². The van der Waals surface area contributed by atoms with E-state index in [4.69, 9.17) is 23.4 Å². The SMILES string of the molecule is COC(=O)[C@@H]1C[C@@H]2C[C@@H]3[C@@]1(C(=O)O2)[C@@H]1C[C@@]2(O[C@@H](c4ccoc4)C[C@@]32C)C(=O)O1. The van der Waals surface area contributed by atoms with Crippen molar-refractivity contribution in [3.8, 4) is 0 Å². The van der Waals surface area contributed by atoms with Crippen molar-refractivity contribution in [1.82, 2.24) is 0 Å². The average Bonchev–Trinajstić information content (AvgIpc) is 3.40. The number of carbonyl (C=O) groups excluding carboxylic acids is 3. The molecular weight excluding hydrogens is 380 g/mol. The van der Waals surface area contributed by atoms with Crippen molar-refractivity contribution in [3.63, 3.8) is 0 Å². The molecule has 154 valence electrons. The molecule has 6 fully saturated rings. The third-order valence-electron chi connectivity index (χ3n) is 8.41. The molecule has 0 radical (unpaired) electrons. The summed E-state index contributed by atoms with van der Waals surface area (Å²) in [7, 11) is 1.32. The van der Waals surface area contributed by atoms with Crippen LogP contribution in [0, 0.1) is 22.7 Å². The van der Waals surface area contributed by atoms with Crippen molar-refractivity contribution in [1.29, 1.82) is 0 Å². The highest BCUT2D eigenvalue weighted by molar-refractivity contribution is 5.93. The Morgan fingerprint density at radius 2 is 2.00 bits per heavy atom. The van der Waals surface area contributed by atoms with E-state index in [0.717, 1.165) is 5.56 Å². The van der Waals surface area contributed by atoms with Crippen LogP contribution in [0.15, 0.2) is 23.0 Å². The molecule has 1 aromatic rings. The van der Waals surface area contributed by atoms with Crippen LogP contribution < -0.4 is 0 Å². The highest BCUT2D eigenvalue weighted by atomic mass is 16.6. The first-order valence-corrected chi connectivity index (χ1v) is 10.1. The summed E-state index contributed by atoms with van der Waals surface area (Å²) in [4.78, 5) is 39.2. The van der Waals surface area contributed by atoms with E-state index >= 15 is 0 Å². The lowest BCUT2D eigenvalue weighted by Crippen LogP contribution is -2.72. The van der Waals surface area contributed by atoms with Crippen molar-refractivity contribution in [2.45, 2.75) is 56.5 Å². The third-order valence-corrected chi connectivity index (χ3v) is 8.41. The molecule has 0 N–H and O–H groups in total. The lowest BCUT2D eigenvalue weighted by atomic mass is 9.41. The maximum absolute atomic E-state index is 13.3. The molecule has 4 aliphatic heterocycles. The maximum atomic E-state index is 13.3. The van der Waals surface area contributed by atoms with Gasteiger partial charge in [0.2, 0.25) is 0 Å². The van der Waals surface area contributed by atoms with Gasteiger partial charge in [-0.2, -0.15) is 0 Å². The number of carbonyl (C=O) groups is 3. The number of hydrogen-bond acceptors (Lipinski definition) is 8. The van der Waals surface area contributed by atoms with Gasteiger partial charge in [-0.25, -0.2) is 4.79 Å². The van der Waals surface area contributed by atoms with Gasteiger partial charge in [-0.05, 0) is 31.2 Å². The normalized spacial score (nSPS) is 49.2. The van der Waals surface area contributed by atoms with E-state index in [9.17, 15) is 14.4 Å². The van der Waals surface area contributed by atoms with Crippen LogP contribution in [-0.4, -0.2) is 42.8 Å². The van der Waals surface area contributed by atoms with Crippen LogP contribution in [0.4, 0.5) is 0 Å². The smallest absolute Gasteiger partial charge is 0.339 e. The van der Waals surface area contributed by atoms with Crippen LogP contribution in [0.3, 0.4) is 0 Å². The summed E-state index contributed by atoms with van der Waals surface area (Å²) in [5, 5.41) is 0. The van der Waals surface area contributed by atoms with Gasteiger partial charge >= 0.3 is 17.9 Å². The summed E-state index contributed by atoms with van der Waals surface area (Å²) in [6.45, 7) is 2.00. The van der Waals surface area contributed by atoms with Crippen LogP contribution in [0.5, 0.6) is 0 Å². The van der Waals surface area contributed by atoms with Gasteiger partial charge in [0.25, 0.3) is 0 Å². The molecule has 6 aliphatic rings. The number of fused-ring (bicyclic) bond motifs is 3. The van der Waals surface area contributed by atoms with Crippen LogP contribution in [-0.2, 0) is 33.3 Å². The topological polar surface area (TPSA) is 101 Å². The number of rotatable bonds is 2. The average molecular weight is 402 g/mol. The molecule has 0 amide bonds. The fourth-order valence-corrected chi connectivity index (χ4v) is 7.17. The summed E-state index contributed by atoms with van der Waals surface area (Å²) in [6.07, 6.45) is 3.49. The summed E-state index contributed by atoms with van der Waals surface area (Å²) < 4.78 is 28.2. The molecule has 8 heteroatoms. The molecule has 1 aromatic heterocycles. The van der Waals surface area contributed by atoms with Gasteiger partial charge in [-0.15, -0.1) is 0 Å². The first-order chi connectivity index (χ1) is 13.9. The Morgan fingerprint density at radius 3 is 2.72 bits per heavy atom. The minimum atomic E-state index is -1.22. The Bertz CT molecular complexity index is 923. The van der Waals surface area contributed by atoms with Crippen LogP contribution in [0.2, 0.25) is 0 Å². The van der Waals surface area contributed by atoms with E-state index in [1.165, 1.54) is 7.11 Å². The van der Waals surface area contributed by atoms with Gasteiger partial charge < -0.3 is 23.4 Å². The minimum absolute atomic E-state index is 0.237. The highest BCUT2D eigenvalue weighted by Gasteiger charge is 2.84. The standard InChI is InChI=1S/C21H22O8/c1-19-7-13(10-3-4-26-9-10)29-20(19)8-15(28-17(20)23)21-12(16(22)25-2)5-11(6-14(19)21)27-18(21)24/h3-4,9,11-15H,5-8H2,1-2H3/t11-,12+,13-,14+,15+,19+,20-,21-/m1/s1. The largest absolute Gasteiger partial charge is 0.472 e. The molecule has 0 aromatic carbocycles. The van der Waals surface area contributed by atoms with E-state index < -0.39 is 46.4 Å². The third kappa shape index (κ3) is 1.75. The molecule has 4 bridgehead atoms. The second-order valence-corrected chi connectivity index (χ2v) is 9.27. The molecule has 8 nitrogen and oxygen atoms in total. The van der Waals surface area contributed by atoms with Gasteiger partial charge in [-0.1, -0.05) is 6.92 Å².